The van der Waals surface area contributed by atoms with E-state index in [-0.39, 0.29) is 5.91 Å². The van der Waals surface area contributed by atoms with Crippen LogP contribution in [0.3, 0.4) is 0 Å². The molecule has 0 radical (unpaired) electrons. The number of carbonyl (C=O) groups excluding carboxylic acids is 1. The van der Waals surface area contributed by atoms with Crippen LogP contribution in [-0.4, -0.2) is 101 Å². The van der Waals surface area contributed by atoms with Crippen LogP contribution in [0.2, 0.25) is 0 Å². The molecule has 1 fully saturated rings. The van der Waals surface area contributed by atoms with Gasteiger partial charge in [-0.15, -0.1) is 0 Å². The van der Waals surface area contributed by atoms with Crippen LogP contribution < -0.4 is 0 Å². The molecule has 112 valence electrons. The average Bonchev–Trinajstić information content (AvgIpc) is 2.40. The van der Waals surface area contributed by atoms with Crippen LogP contribution in [0.4, 0.5) is 0 Å². The minimum atomic E-state index is 0.177. The average molecular weight is 273 g/mol. The first kappa shape index (κ1) is 16.4. The highest BCUT2D eigenvalue weighted by atomic mass is 16.5. The Balaban J connectivity index is 2.07. The molecule has 1 heterocycles. The lowest BCUT2D eigenvalue weighted by Crippen LogP contribution is -2.49. The first-order chi connectivity index (χ1) is 9.13. The molecule has 1 amide bonds. The van der Waals surface area contributed by atoms with Crippen LogP contribution in [0.1, 0.15) is 0 Å². The fourth-order valence-corrected chi connectivity index (χ4v) is 1.94. The molecule has 1 saturated heterocycles. The zero-order chi connectivity index (χ0) is 14.1. The largest absolute Gasteiger partial charge is 0.382 e. The SMILES string of the molecule is COCCOCCN1CCN(CC(=O)N(C)C)CC1. The van der Waals surface area contributed by atoms with E-state index in [1.165, 1.54) is 0 Å². The molecule has 0 N–H and O–H groups in total. The number of carbonyl (C=O) groups is 1. The van der Waals surface area contributed by atoms with Gasteiger partial charge in [-0.25, -0.2) is 0 Å². The summed E-state index contributed by atoms with van der Waals surface area (Å²) in [6.07, 6.45) is 0. The predicted octanol–water partition coefficient (Wildman–Crippen LogP) is -0.645. The van der Waals surface area contributed by atoms with Crippen molar-refractivity contribution in [3.8, 4) is 0 Å². The summed E-state index contributed by atoms with van der Waals surface area (Å²) in [4.78, 5) is 17.8. The quantitative estimate of drug-likeness (QED) is 0.550. The summed E-state index contributed by atoms with van der Waals surface area (Å²) in [5.41, 5.74) is 0. The van der Waals surface area contributed by atoms with E-state index in [9.17, 15) is 4.79 Å². The van der Waals surface area contributed by atoms with Gasteiger partial charge in [0.05, 0.1) is 26.4 Å². The molecule has 0 bridgehead atoms. The van der Waals surface area contributed by atoms with Gasteiger partial charge in [0.15, 0.2) is 0 Å². The van der Waals surface area contributed by atoms with E-state index in [2.05, 4.69) is 9.80 Å². The maximum absolute atomic E-state index is 11.6. The topological polar surface area (TPSA) is 45.3 Å². The van der Waals surface area contributed by atoms with Crippen LogP contribution >= 0.6 is 0 Å². The van der Waals surface area contributed by atoms with Crippen molar-refractivity contribution >= 4 is 5.91 Å². The fraction of sp³-hybridized carbons (Fsp3) is 0.923. The number of hydrogen-bond donors (Lipinski definition) is 0. The van der Waals surface area contributed by atoms with Crippen molar-refractivity contribution in [2.45, 2.75) is 0 Å². The highest BCUT2D eigenvalue weighted by Crippen LogP contribution is 2.01. The maximum atomic E-state index is 11.6. The molecule has 6 heteroatoms. The highest BCUT2D eigenvalue weighted by molar-refractivity contribution is 5.77. The number of hydrogen-bond acceptors (Lipinski definition) is 5. The summed E-state index contributed by atoms with van der Waals surface area (Å²) in [5, 5.41) is 0. The number of methoxy groups -OCH3 is 1. The summed E-state index contributed by atoms with van der Waals surface area (Å²) < 4.78 is 10.4. The number of likely N-dealkylation sites (N-methyl/N-ethyl adjacent to an activating group) is 1. The molecule has 6 nitrogen and oxygen atoms in total. The third kappa shape index (κ3) is 6.87. The van der Waals surface area contributed by atoms with Crippen molar-refractivity contribution in [2.24, 2.45) is 0 Å². The van der Waals surface area contributed by atoms with Gasteiger partial charge in [-0.2, -0.15) is 0 Å². The highest BCUT2D eigenvalue weighted by Gasteiger charge is 2.19. The number of ether oxygens (including phenoxy) is 2. The van der Waals surface area contributed by atoms with Crippen molar-refractivity contribution < 1.29 is 14.3 Å². The molecule has 1 aliphatic heterocycles. The van der Waals surface area contributed by atoms with E-state index in [0.29, 0.717) is 19.8 Å². The maximum Gasteiger partial charge on any atom is 0.236 e. The lowest BCUT2D eigenvalue weighted by molar-refractivity contribution is -0.130. The second-order valence-electron chi connectivity index (χ2n) is 5.01. The standard InChI is InChI=1S/C13H27N3O3/c1-14(2)13(17)12-16-6-4-15(5-7-16)8-9-19-11-10-18-3/h4-12H2,1-3H3. The van der Waals surface area contributed by atoms with Gasteiger partial charge < -0.3 is 14.4 Å². The van der Waals surface area contributed by atoms with Gasteiger partial charge in [0.25, 0.3) is 0 Å². The second-order valence-corrected chi connectivity index (χ2v) is 5.01. The molecular formula is C13H27N3O3. The third-order valence-electron chi connectivity index (χ3n) is 3.31. The molecule has 19 heavy (non-hydrogen) atoms. The van der Waals surface area contributed by atoms with Gasteiger partial charge in [-0.05, 0) is 0 Å². The number of amides is 1. The van der Waals surface area contributed by atoms with Crippen LogP contribution in [0.25, 0.3) is 0 Å². The molecule has 0 spiro atoms. The van der Waals surface area contributed by atoms with E-state index in [4.69, 9.17) is 9.47 Å². The normalized spacial score (nSPS) is 17.6. The van der Waals surface area contributed by atoms with E-state index in [0.717, 1.165) is 39.3 Å². The van der Waals surface area contributed by atoms with Gasteiger partial charge in [0.2, 0.25) is 5.91 Å². The molecule has 0 aromatic carbocycles. The smallest absolute Gasteiger partial charge is 0.236 e. The number of piperazine rings is 1. The van der Waals surface area contributed by atoms with Crippen LogP contribution in [0.5, 0.6) is 0 Å². The van der Waals surface area contributed by atoms with Crippen LogP contribution in [-0.2, 0) is 14.3 Å². The molecule has 1 aliphatic rings. The molecule has 0 unspecified atom stereocenters. The Labute approximate surface area is 116 Å². The van der Waals surface area contributed by atoms with Crippen LogP contribution in [0, 0.1) is 0 Å². The van der Waals surface area contributed by atoms with Crippen LogP contribution in [0.15, 0.2) is 0 Å². The van der Waals surface area contributed by atoms with E-state index < -0.39 is 0 Å². The molecule has 0 saturated carbocycles. The van der Waals surface area contributed by atoms with Crippen molar-refractivity contribution in [1.82, 2.24) is 14.7 Å². The minimum absolute atomic E-state index is 0.177. The first-order valence-corrected chi connectivity index (χ1v) is 6.85. The van der Waals surface area contributed by atoms with Gasteiger partial charge in [-0.3, -0.25) is 14.6 Å². The molecule has 0 aromatic heterocycles. The zero-order valence-electron chi connectivity index (χ0n) is 12.4. The Bertz CT molecular complexity index is 254. The summed E-state index contributed by atoms with van der Waals surface area (Å²) in [5.74, 6) is 0.177. The van der Waals surface area contributed by atoms with Crippen molar-refractivity contribution in [2.75, 3.05) is 80.3 Å². The monoisotopic (exact) mass is 273 g/mol. The Hall–Kier alpha value is -0.690. The predicted molar refractivity (Wildman–Crippen MR) is 74.3 cm³/mol. The molecular weight excluding hydrogens is 246 g/mol. The minimum Gasteiger partial charge on any atom is -0.382 e. The molecule has 1 rings (SSSR count). The first-order valence-electron chi connectivity index (χ1n) is 6.85. The lowest BCUT2D eigenvalue weighted by Gasteiger charge is -2.34. The zero-order valence-corrected chi connectivity index (χ0v) is 12.4. The molecule has 0 aromatic rings. The fourth-order valence-electron chi connectivity index (χ4n) is 1.94. The third-order valence-corrected chi connectivity index (χ3v) is 3.31. The second kappa shape index (κ2) is 9.25. The summed E-state index contributed by atoms with van der Waals surface area (Å²) in [7, 11) is 5.28. The Kier molecular flexibility index (Phi) is 7.97. The van der Waals surface area contributed by atoms with Gasteiger partial charge in [0, 0.05) is 53.9 Å². The Morgan fingerprint density at radius 2 is 1.68 bits per heavy atom. The molecule has 0 aliphatic carbocycles. The van der Waals surface area contributed by atoms with E-state index in [1.54, 1.807) is 26.1 Å². The number of rotatable bonds is 8. The van der Waals surface area contributed by atoms with E-state index in [1.807, 2.05) is 0 Å². The van der Waals surface area contributed by atoms with Crippen molar-refractivity contribution in [1.29, 1.82) is 0 Å². The van der Waals surface area contributed by atoms with Gasteiger partial charge in [-0.1, -0.05) is 0 Å². The van der Waals surface area contributed by atoms with Gasteiger partial charge >= 0.3 is 0 Å². The lowest BCUT2D eigenvalue weighted by atomic mass is 10.3. The summed E-state index contributed by atoms with van der Waals surface area (Å²) >= 11 is 0. The van der Waals surface area contributed by atoms with Gasteiger partial charge in [0.1, 0.15) is 0 Å². The van der Waals surface area contributed by atoms with E-state index >= 15 is 0 Å². The Morgan fingerprint density at radius 1 is 1.05 bits per heavy atom. The van der Waals surface area contributed by atoms with Crippen molar-refractivity contribution in [3.63, 3.8) is 0 Å². The summed E-state index contributed by atoms with van der Waals surface area (Å²) in [6, 6.07) is 0. The van der Waals surface area contributed by atoms with Crippen molar-refractivity contribution in [3.05, 3.63) is 0 Å². The molecule has 0 atom stereocenters. The number of nitrogens with zero attached hydrogens (tertiary/aromatic N) is 3. The summed E-state index contributed by atoms with van der Waals surface area (Å²) in [6.45, 7) is 7.48. The Morgan fingerprint density at radius 3 is 2.26 bits per heavy atom.